The van der Waals surface area contributed by atoms with Crippen LogP contribution in [-0.4, -0.2) is 0 Å². The first-order valence-corrected chi connectivity index (χ1v) is 3.00. The largest absolute Gasteiger partial charge is 2.00 e. The molecule has 43 valence electrons. The van der Waals surface area contributed by atoms with E-state index in [1.165, 1.54) is 38.5 Å². The molecule has 0 spiro atoms. The predicted molar refractivity (Wildman–Crippen MR) is 27.7 cm³/mol. The van der Waals surface area contributed by atoms with Crippen molar-refractivity contribution in [2.75, 3.05) is 0 Å². The van der Waals surface area contributed by atoms with Crippen LogP contribution in [-0.2, 0) is 16.8 Å². The van der Waals surface area contributed by atoms with Gasteiger partial charge in [-0.15, -0.1) is 0 Å². The summed E-state index contributed by atoms with van der Waals surface area (Å²) in [4.78, 5) is 0. The van der Waals surface area contributed by atoms with Crippen LogP contribution in [0.5, 0.6) is 0 Å². The molecule has 0 bridgehead atoms. The van der Waals surface area contributed by atoms with E-state index >= 15 is 0 Å². The van der Waals surface area contributed by atoms with Gasteiger partial charge in [-0.05, 0) is 0 Å². The normalized spacial score (nSPS) is 20.6. The van der Waals surface area contributed by atoms with Crippen LogP contribution < -0.4 is 0 Å². The Bertz CT molecular complexity index is 19.7. The van der Waals surface area contributed by atoms with Crippen LogP contribution in [0.2, 0.25) is 0 Å². The Hall–Kier alpha value is 0.506. The predicted octanol–water partition coefficient (Wildman–Crippen LogP) is 2.34. The standard InChI is InChI=1S/C6H12.Co/c1-2-4-6-5-3-1;/h1-6H2;/q;+2. The van der Waals surface area contributed by atoms with Crippen LogP contribution >= 0.6 is 0 Å². The number of rotatable bonds is 0. The smallest absolute Gasteiger partial charge is 0.0533 e. The summed E-state index contributed by atoms with van der Waals surface area (Å²) in [5, 5.41) is 0. The molecule has 0 aliphatic heterocycles. The van der Waals surface area contributed by atoms with E-state index in [0.29, 0.717) is 0 Å². The second-order valence-electron chi connectivity index (χ2n) is 2.12. The van der Waals surface area contributed by atoms with Crippen LogP contribution in [0, 0.1) is 0 Å². The van der Waals surface area contributed by atoms with Crippen molar-refractivity contribution in [3.8, 4) is 0 Å². The van der Waals surface area contributed by atoms with Crippen LogP contribution in [0.1, 0.15) is 38.5 Å². The van der Waals surface area contributed by atoms with Gasteiger partial charge in [0.05, 0.1) is 0 Å². The molecule has 1 aliphatic carbocycles. The number of hydrogen-bond acceptors (Lipinski definition) is 0. The molecule has 0 heterocycles. The maximum atomic E-state index is 1.50. The Morgan fingerprint density at radius 3 is 0.714 bits per heavy atom. The third kappa shape index (κ3) is 3.12. The molecule has 7 heavy (non-hydrogen) atoms. The van der Waals surface area contributed by atoms with Crippen molar-refractivity contribution in [1.29, 1.82) is 0 Å². The molecular formula is C6H12Co+2. The van der Waals surface area contributed by atoms with Crippen LogP contribution in [0.4, 0.5) is 0 Å². The van der Waals surface area contributed by atoms with Gasteiger partial charge in [-0.3, -0.25) is 0 Å². The fourth-order valence-electron chi connectivity index (χ4n) is 1.06. The zero-order valence-electron chi connectivity index (χ0n) is 4.58. The molecule has 1 saturated carbocycles. The summed E-state index contributed by atoms with van der Waals surface area (Å²) in [5.41, 5.74) is 0. The van der Waals surface area contributed by atoms with E-state index in [1.54, 1.807) is 0 Å². The Morgan fingerprint density at radius 2 is 0.571 bits per heavy atom. The van der Waals surface area contributed by atoms with E-state index < -0.39 is 0 Å². The molecule has 0 unspecified atom stereocenters. The van der Waals surface area contributed by atoms with Gasteiger partial charge in [0.2, 0.25) is 0 Å². The SMILES string of the molecule is C1CCCCC1.[Co+2]. The first kappa shape index (κ1) is 7.51. The van der Waals surface area contributed by atoms with E-state index in [2.05, 4.69) is 0 Å². The molecule has 1 radical (unpaired) electrons. The molecule has 1 aliphatic rings. The molecule has 1 heteroatoms. The van der Waals surface area contributed by atoms with Gasteiger partial charge in [-0.1, -0.05) is 38.5 Å². The van der Waals surface area contributed by atoms with Gasteiger partial charge in [-0.25, -0.2) is 0 Å². The van der Waals surface area contributed by atoms with Crippen LogP contribution in [0.25, 0.3) is 0 Å². The molecule has 0 saturated heterocycles. The monoisotopic (exact) mass is 143 g/mol. The first-order valence-electron chi connectivity index (χ1n) is 3.00. The second-order valence-corrected chi connectivity index (χ2v) is 2.12. The van der Waals surface area contributed by atoms with Crippen molar-refractivity contribution in [1.82, 2.24) is 0 Å². The molecule has 0 N–H and O–H groups in total. The molecular weight excluding hydrogens is 131 g/mol. The maximum Gasteiger partial charge on any atom is 2.00 e. The summed E-state index contributed by atoms with van der Waals surface area (Å²) in [6.45, 7) is 0. The van der Waals surface area contributed by atoms with E-state index in [-0.39, 0.29) is 16.8 Å². The zero-order valence-corrected chi connectivity index (χ0v) is 5.62. The fourth-order valence-corrected chi connectivity index (χ4v) is 1.06. The van der Waals surface area contributed by atoms with Crippen molar-refractivity contribution >= 4 is 0 Å². The van der Waals surface area contributed by atoms with E-state index in [0.717, 1.165) is 0 Å². The second kappa shape index (κ2) is 4.66. The topological polar surface area (TPSA) is 0 Å². The van der Waals surface area contributed by atoms with Crippen molar-refractivity contribution in [3.63, 3.8) is 0 Å². The minimum atomic E-state index is 0. The summed E-state index contributed by atoms with van der Waals surface area (Å²) in [5.74, 6) is 0. The minimum absolute atomic E-state index is 0. The molecule has 0 aromatic carbocycles. The summed E-state index contributed by atoms with van der Waals surface area (Å²) in [6, 6.07) is 0. The van der Waals surface area contributed by atoms with Gasteiger partial charge in [0, 0.05) is 0 Å². The van der Waals surface area contributed by atoms with Crippen molar-refractivity contribution < 1.29 is 16.8 Å². The average Bonchev–Trinajstić information content (AvgIpc) is 1.72. The van der Waals surface area contributed by atoms with Crippen LogP contribution in [0.15, 0.2) is 0 Å². The van der Waals surface area contributed by atoms with E-state index in [9.17, 15) is 0 Å². The van der Waals surface area contributed by atoms with Gasteiger partial charge < -0.3 is 0 Å². The Balaban J connectivity index is 0.000000360. The summed E-state index contributed by atoms with van der Waals surface area (Å²) in [7, 11) is 0. The molecule has 0 amide bonds. The summed E-state index contributed by atoms with van der Waals surface area (Å²) < 4.78 is 0. The summed E-state index contributed by atoms with van der Waals surface area (Å²) in [6.07, 6.45) is 9.00. The summed E-state index contributed by atoms with van der Waals surface area (Å²) >= 11 is 0. The minimum Gasteiger partial charge on any atom is -0.0533 e. The molecule has 0 aromatic heterocycles. The molecule has 1 fully saturated rings. The number of hydrogen-bond donors (Lipinski definition) is 0. The third-order valence-electron chi connectivity index (χ3n) is 1.50. The zero-order chi connectivity index (χ0) is 4.24. The Kier molecular flexibility index (Phi) is 5.00. The molecule has 0 nitrogen and oxygen atoms in total. The Morgan fingerprint density at radius 1 is 0.429 bits per heavy atom. The van der Waals surface area contributed by atoms with Crippen molar-refractivity contribution in [3.05, 3.63) is 0 Å². The quantitative estimate of drug-likeness (QED) is 0.488. The Labute approximate surface area is 55.9 Å². The molecule has 1 rings (SSSR count). The average molecular weight is 143 g/mol. The van der Waals surface area contributed by atoms with E-state index in [4.69, 9.17) is 0 Å². The first-order chi connectivity index (χ1) is 3.00. The fraction of sp³-hybridized carbons (Fsp3) is 1.00. The van der Waals surface area contributed by atoms with Crippen molar-refractivity contribution in [2.24, 2.45) is 0 Å². The molecule has 0 aromatic rings. The van der Waals surface area contributed by atoms with Gasteiger partial charge >= 0.3 is 16.8 Å². The van der Waals surface area contributed by atoms with Gasteiger partial charge in [-0.2, -0.15) is 0 Å². The third-order valence-corrected chi connectivity index (χ3v) is 1.50. The van der Waals surface area contributed by atoms with Crippen molar-refractivity contribution in [2.45, 2.75) is 38.5 Å². The molecule has 0 atom stereocenters. The van der Waals surface area contributed by atoms with Gasteiger partial charge in [0.25, 0.3) is 0 Å². The van der Waals surface area contributed by atoms with Crippen LogP contribution in [0.3, 0.4) is 0 Å². The van der Waals surface area contributed by atoms with Gasteiger partial charge in [0.15, 0.2) is 0 Å². The van der Waals surface area contributed by atoms with Gasteiger partial charge in [0.1, 0.15) is 0 Å². The van der Waals surface area contributed by atoms with E-state index in [1.807, 2.05) is 0 Å². The maximum absolute atomic E-state index is 1.50.